The Morgan fingerprint density at radius 3 is 2.85 bits per heavy atom. The Morgan fingerprint density at radius 2 is 2.20 bits per heavy atom. The summed E-state index contributed by atoms with van der Waals surface area (Å²) < 4.78 is 5.52. The number of carbonyl (C=O) groups excluding carboxylic acids is 1. The molecular weight excluding hydrogens is 298 g/mol. The summed E-state index contributed by atoms with van der Waals surface area (Å²) in [4.78, 5) is 16.6. The van der Waals surface area contributed by atoms with E-state index in [4.69, 9.17) is 21.8 Å². The third kappa shape index (κ3) is 2.19. The lowest BCUT2D eigenvalue weighted by molar-refractivity contribution is -0.116. The van der Waals surface area contributed by atoms with Gasteiger partial charge in [-0.15, -0.1) is 0 Å². The highest BCUT2D eigenvalue weighted by Gasteiger charge is 2.28. The maximum Gasteiger partial charge on any atom is 0.261 e. The number of nitrogens with one attached hydrogen (secondary N) is 1. The molecule has 1 aromatic heterocycles. The van der Waals surface area contributed by atoms with Gasteiger partial charge < -0.3 is 15.5 Å². The van der Waals surface area contributed by atoms with Gasteiger partial charge in [0.15, 0.2) is 0 Å². The molecule has 1 unspecified atom stereocenters. The second-order valence-corrected chi connectivity index (χ2v) is 5.96. The summed E-state index contributed by atoms with van der Waals surface area (Å²) in [6, 6.07) is 2.85. The Bertz CT molecular complexity index is 694. The first-order valence-electron chi connectivity index (χ1n) is 5.97. The first kappa shape index (κ1) is 13.5. The van der Waals surface area contributed by atoms with Crippen LogP contribution in [0.1, 0.15) is 23.1 Å². The van der Waals surface area contributed by atoms with Crippen LogP contribution in [-0.2, 0) is 4.79 Å². The van der Waals surface area contributed by atoms with Crippen LogP contribution < -0.4 is 11.1 Å². The average molecular weight is 310 g/mol. The lowest BCUT2D eigenvalue weighted by Gasteiger charge is -2.06. The van der Waals surface area contributed by atoms with Crippen LogP contribution in [0.25, 0.3) is 0 Å². The molecule has 2 heterocycles. The number of oxazole rings is 1. The molecule has 0 bridgehead atoms. The van der Waals surface area contributed by atoms with Crippen LogP contribution in [0.3, 0.4) is 0 Å². The minimum atomic E-state index is -0.659. The molecule has 2 aromatic rings. The number of hydrogen-bond donors (Lipinski definition) is 2. The maximum atomic E-state index is 11.5. The van der Waals surface area contributed by atoms with E-state index >= 15 is 0 Å². The van der Waals surface area contributed by atoms with Crippen molar-refractivity contribution in [2.24, 2.45) is 5.73 Å². The minimum absolute atomic E-state index is 0.221. The van der Waals surface area contributed by atoms with Crippen LogP contribution in [-0.4, -0.2) is 10.9 Å². The van der Waals surface area contributed by atoms with Crippen LogP contribution >= 0.6 is 23.4 Å². The molecule has 1 aliphatic rings. The highest BCUT2D eigenvalue weighted by molar-refractivity contribution is 7.99. The molecule has 5 nitrogen and oxygen atoms in total. The first-order chi connectivity index (χ1) is 9.45. The van der Waals surface area contributed by atoms with Gasteiger partial charge >= 0.3 is 0 Å². The predicted octanol–water partition coefficient (Wildman–Crippen LogP) is 3.05. The Balaban J connectivity index is 1.96. The molecule has 104 valence electrons. The van der Waals surface area contributed by atoms with Gasteiger partial charge in [0.25, 0.3) is 5.22 Å². The van der Waals surface area contributed by atoms with E-state index < -0.39 is 6.04 Å². The van der Waals surface area contributed by atoms with Crippen molar-refractivity contribution in [1.82, 2.24) is 4.98 Å². The van der Waals surface area contributed by atoms with Crippen molar-refractivity contribution in [1.29, 1.82) is 0 Å². The molecule has 1 amide bonds. The van der Waals surface area contributed by atoms with E-state index in [2.05, 4.69) is 10.3 Å². The number of benzene rings is 1. The van der Waals surface area contributed by atoms with Crippen molar-refractivity contribution in [3.05, 3.63) is 34.2 Å². The van der Waals surface area contributed by atoms with Crippen LogP contribution in [0.2, 0.25) is 5.02 Å². The highest BCUT2D eigenvalue weighted by Crippen LogP contribution is 2.40. The molecule has 0 radical (unpaired) electrons. The lowest BCUT2D eigenvalue weighted by atomic mass is 10.1. The normalized spacial score (nSPS) is 17.2. The second kappa shape index (κ2) is 4.80. The summed E-state index contributed by atoms with van der Waals surface area (Å²) >= 11 is 7.55. The minimum Gasteiger partial charge on any atom is -0.436 e. The fourth-order valence-electron chi connectivity index (χ4n) is 1.95. The third-order valence-electron chi connectivity index (χ3n) is 3.19. The first-order valence-corrected chi connectivity index (χ1v) is 7.17. The molecule has 1 atom stereocenters. The molecule has 0 saturated carbocycles. The number of nitrogens with zero attached hydrogens (tertiary/aromatic N) is 1. The summed E-state index contributed by atoms with van der Waals surface area (Å²) in [5.74, 6) is 0.557. The quantitative estimate of drug-likeness (QED) is 0.891. The van der Waals surface area contributed by atoms with E-state index in [0.29, 0.717) is 21.5 Å². The Hall–Kier alpha value is -1.50. The molecule has 3 N–H and O–H groups in total. The predicted molar refractivity (Wildman–Crippen MR) is 77.1 cm³/mol. The number of anilines is 1. The number of carbonyl (C=O) groups is 1. The summed E-state index contributed by atoms with van der Waals surface area (Å²) in [6.07, 6.45) is 0. The molecule has 0 spiro atoms. The highest BCUT2D eigenvalue weighted by atomic mass is 35.5. The van der Waals surface area contributed by atoms with Gasteiger partial charge in [-0.25, -0.2) is 4.98 Å². The molecule has 0 aliphatic carbocycles. The molecule has 1 aliphatic heterocycles. The van der Waals surface area contributed by atoms with E-state index in [9.17, 15) is 4.79 Å². The Kier molecular flexibility index (Phi) is 3.24. The van der Waals surface area contributed by atoms with Crippen LogP contribution in [0, 0.1) is 13.8 Å². The maximum absolute atomic E-state index is 11.5. The van der Waals surface area contributed by atoms with Crippen molar-refractivity contribution in [3.8, 4) is 0 Å². The van der Waals surface area contributed by atoms with E-state index in [1.165, 1.54) is 11.8 Å². The van der Waals surface area contributed by atoms with Crippen LogP contribution in [0.15, 0.2) is 26.7 Å². The van der Waals surface area contributed by atoms with Gasteiger partial charge in [0.2, 0.25) is 5.91 Å². The lowest BCUT2D eigenvalue weighted by Crippen LogP contribution is -2.19. The molecule has 1 aromatic carbocycles. The van der Waals surface area contributed by atoms with E-state index in [1.807, 2.05) is 13.8 Å². The number of aryl methyl sites for hydroxylation is 2. The van der Waals surface area contributed by atoms with Gasteiger partial charge in [0, 0.05) is 16.1 Å². The number of nitrogens with two attached hydrogens (primary N) is 1. The smallest absolute Gasteiger partial charge is 0.261 e. The molecule has 0 fully saturated rings. The standard InChI is InChI=1S/C13H12ClN3O2S/c1-5-6(2)19-13(16-5)20-10-4-9-7(3-8(10)14)11(15)12(18)17-9/h3-4,11H,15H2,1-2H3,(H,17,18). The molecule has 20 heavy (non-hydrogen) atoms. The van der Waals surface area contributed by atoms with Crippen molar-refractivity contribution in [2.45, 2.75) is 30.0 Å². The topological polar surface area (TPSA) is 81.1 Å². The van der Waals surface area contributed by atoms with Gasteiger partial charge in [0.05, 0.1) is 10.7 Å². The van der Waals surface area contributed by atoms with Crippen LogP contribution in [0.4, 0.5) is 5.69 Å². The Morgan fingerprint density at radius 1 is 1.45 bits per heavy atom. The summed E-state index contributed by atoms with van der Waals surface area (Å²) in [6.45, 7) is 3.74. The second-order valence-electron chi connectivity index (χ2n) is 4.56. The number of rotatable bonds is 2. The molecule has 3 rings (SSSR count). The van der Waals surface area contributed by atoms with E-state index in [0.717, 1.165) is 16.3 Å². The average Bonchev–Trinajstić information content (AvgIpc) is 2.83. The zero-order valence-electron chi connectivity index (χ0n) is 10.9. The molecule has 7 heteroatoms. The van der Waals surface area contributed by atoms with Crippen molar-refractivity contribution >= 4 is 35.0 Å². The van der Waals surface area contributed by atoms with Crippen molar-refractivity contribution in [3.63, 3.8) is 0 Å². The largest absolute Gasteiger partial charge is 0.436 e. The number of fused-ring (bicyclic) bond motifs is 1. The summed E-state index contributed by atoms with van der Waals surface area (Å²) in [5, 5.41) is 3.78. The van der Waals surface area contributed by atoms with Crippen molar-refractivity contribution < 1.29 is 9.21 Å². The fourth-order valence-corrected chi connectivity index (χ4v) is 3.10. The zero-order valence-corrected chi connectivity index (χ0v) is 12.4. The molecule has 0 saturated heterocycles. The SMILES string of the molecule is Cc1nc(Sc2cc3c(cc2Cl)C(N)C(=O)N3)oc1C. The number of aromatic nitrogens is 1. The van der Waals surface area contributed by atoms with Gasteiger partial charge in [-0.05, 0) is 37.7 Å². The van der Waals surface area contributed by atoms with E-state index in [-0.39, 0.29) is 5.91 Å². The Labute approximate surface area is 124 Å². The fraction of sp³-hybridized carbons (Fsp3) is 0.231. The van der Waals surface area contributed by atoms with Crippen LogP contribution in [0.5, 0.6) is 0 Å². The van der Waals surface area contributed by atoms with E-state index in [1.54, 1.807) is 12.1 Å². The van der Waals surface area contributed by atoms with Gasteiger partial charge in [-0.2, -0.15) is 0 Å². The number of hydrogen-bond acceptors (Lipinski definition) is 5. The summed E-state index contributed by atoms with van der Waals surface area (Å²) in [5.41, 5.74) is 8.02. The number of amides is 1. The monoisotopic (exact) mass is 309 g/mol. The van der Waals surface area contributed by atoms with Gasteiger partial charge in [0.1, 0.15) is 11.8 Å². The third-order valence-corrected chi connectivity index (χ3v) is 4.52. The molecular formula is C13H12ClN3O2S. The number of halogens is 1. The zero-order chi connectivity index (χ0) is 14.4. The van der Waals surface area contributed by atoms with Crippen molar-refractivity contribution in [2.75, 3.05) is 5.32 Å². The van der Waals surface area contributed by atoms with Gasteiger partial charge in [-0.3, -0.25) is 4.79 Å². The van der Waals surface area contributed by atoms with Gasteiger partial charge in [-0.1, -0.05) is 11.6 Å². The summed E-state index contributed by atoms with van der Waals surface area (Å²) in [7, 11) is 0.